The molecule has 0 saturated heterocycles. The van der Waals surface area contributed by atoms with Gasteiger partial charge in [-0.2, -0.15) is 0 Å². The summed E-state index contributed by atoms with van der Waals surface area (Å²) in [6, 6.07) is 13.9. The van der Waals surface area contributed by atoms with Crippen LogP contribution in [0.2, 0.25) is 0 Å². The van der Waals surface area contributed by atoms with Crippen LogP contribution in [-0.2, 0) is 26.2 Å². The van der Waals surface area contributed by atoms with E-state index in [1.165, 1.54) is 4.90 Å². The largest absolute Gasteiger partial charge is 0.354 e. The van der Waals surface area contributed by atoms with E-state index >= 15 is 0 Å². The molecule has 32 heavy (non-hydrogen) atoms. The molecule has 2 aromatic rings. The third-order valence-corrected chi connectivity index (χ3v) is 6.33. The van der Waals surface area contributed by atoms with Crippen LogP contribution in [0, 0.1) is 13.8 Å². The Balaban J connectivity index is 2.34. The number of aryl methyl sites for hydroxylation is 2. The van der Waals surface area contributed by atoms with E-state index in [-0.39, 0.29) is 19.0 Å². The molecular weight excluding hydrogens is 426 g/mol. The number of benzene rings is 2. The van der Waals surface area contributed by atoms with Crippen molar-refractivity contribution in [3.05, 3.63) is 65.2 Å². The third kappa shape index (κ3) is 7.09. The summed E-state index contributed by atoms with van der Waals surface area (Å²) in [5, 5.41) is 2.82. The monoisotopic (exact) mass is 459 g/mol. The van der Waals surface area contributed by atoms with Crippen LogP contribution < -0.4 is 9.62 Å². The maximum atomic E-state index is 13.4. The summed E-state index contributed by atoms with van der Waals surface area (Å²) in [5.41, 5.74) is 3.34. The summed E-state index contributed by atoms with van der Waals surface area (Å²) in [4.78, 5) is 27.4. The molecule has 8 heteroatoms. The van der Waals surface area contributed by atoms with Crippen LogP contribution in [-0.4, -0.2) is 50.5 Å². The van der Waals surface area contributed by atoms with E-state index < -0.39 is 22.0 Å². The lowest BCUT2D eigenvalue weighted by Crippen LogP contribution is -2.51. The highest BCUT2D eigenvalue weighted by Gasteiger charge is 2.29. The van der Waals surface area contributed by atoms with Crippen molar-refractivity contribution in [2.45, 2.75) is 46.7 Å². The molecule has 0 bridgehead atoms. The van der Waals surface area contributed by atoms with E-state index in [1.807, 2.05) is 45.0 Å². The number of hydrogen-bond acceptors (Lipinski definition) is 4. The van der Waals surface area contributed by atoms with Gasteiger partial charge in [0.25, 0.3) is 0 Å². The highest BCUT2D eigenvalue weighted by atomic mass is 32.2. The number of carbonyl (C=O) groups excluding carboxylic acids is 2. The standard InChI is InChI=1S/C24H33N3O4S/c1-6-15-25-24(29)20(4)26(16-21-11-7-18(2)8-12-21)23(28)17-27(32(5,30)31)22-13-9-19(3)10-14-22/h7-14,20H,6,15-17H2,1-5H3,(H,25,29). The normalized spacial score (nSPS) is 12.2. The van der Waals surface area contributed by atoms with E-state index in [0.29, 0.717) is 12.2 Å². The van der Waals surface area contributed by atoms with Gasteiger partial charge in [-0.3, -0.25) is 13.9 Å². The van der Waals surface area contributed by atoms with Gasteiger partial charge in [-0.1, -0.05) is 54.4 Å². The predicted octanol–water partition coefficient (Wildman–Crippen LogP) is 3.01. The minimum Gasteiger partial charge on any atom is -0.354 e. The van der Waals surface area contributed by atoms with Crippen LogP contribution in [0.15, 0.2) is 48.5 Å². The number of anilines is 1. The van der Waals surface area contributed by atoms with Crippen molar-refractivity contribution in [1.82, 2.24) is 10.2 Å². The first-order chi connectivity index (χ1) is 15.0. The molecule has 0 spiro atoms. The Kier molecular flexibility index (Phi) is 8.83. The molecule has 1 N–H and O–H groups in total. The second-order valence-electron chi connectivity index (χ2n) is 8.08. The van der Waals surface area contributed by atoms with Gasteiger partial charge in [0.15, 0.2) is 0 Å². The molecule has 0 fully saturated rings. The summed E-state index contributed by atoms with van der Waals surface area (Å²) in [7, 11) is -3.71. The van der Waals surface area contributed by atoms with Crippen LogP contribution in [0.3, 0.4) is 0 Å². The first kappa shape index (κ1) is 25.4. The fourth-order valence-corrected chi connectivity index (χ4v) is 4.04. The van der Waals surface area contributed by atoms with Gasteiger partial charge >= 0.3 is 0 Å². The van der Waals surface area contributed by atoms with Crippen molar-refractivity contribution >= 4 is 27.5 Å². The first-order valence-electron chi connectivity index (χ1n) is 10.7. The van der Waals surface area contributed by atoms with Crippen molar-refractivity contribution in [3.63, 3.8) is 0 Å². The first-order valence-corrected chi connectivity index (χ1v) is 12.5. The summed E-state index contributed by atoms with van der Waals surface area (Å²) in [6.45, 7) is 7.80. The molecule has 0 heterocycles. The third-order valence-electron chi connectivity index (χ3n) is 5.19. The Bertz CT molecular complexity index is 1020. The van der Waals surface area contributed by atoms with Crippen molar-refractivity contribution in [2.75, 3.05) is 23.7 Å². The molecule has 0 aromatic heterocycles. The van der Waals surface area contributed by atoms with Gasteiger partial charge in [0.05, 0.1) is 11.9 Å². The molecule has 1 atom stereocenters. The number of hydrogen-bond donors (Lipinski definition) is 1. The topological polar surface area (TPSA) is 86.8 Å². The van der Waals surface area contributed by atoms with Gasteiger partial charge in [0.1, 0.15) is 12.6 Å². The Morgan fingerprint density at radius 1 is 0.969 bits per heavy atom. The summed E-state index contributed by atoms with van der Waals surface area (Å²) in [6.07, 6.45) is 1.85. The molecule has 2 aromatic carbocycles. The average molecular weight is 460 g/mol. The molecule has 2 rings (SSSR count). The number of carbonyl (C=O) groups is 2. The summed E-state index contributed by atoms with van der Waals surface area (Å²) in [5.74, 6) is -0.718. The second kappa shape index (κ2) is 11.1. The maximum absolute atomic E-state index is 13.4. The Morgan fingerprint density at radius 3 is 2.00 bits per heavy atom. The van der Waals surface area contributed by atoms with E-state index in [9.17, 15) is 18.0 Å². The molecule has 0 aliphatic rings. The van der Waals surface area contributed by atoms with Gasteiger partial charge < -0.3 is 10.2 Å². The van der Waals surface area contributed by atoms with Gasteiger partial charge in [-0.25, -0.2) is 8.42 Å². The lowest BCUT2D eigenvalue weighted by atomic mass is 10.1. The number of nitrogens with zero attached hydrogens (tertiary/aromatic N) is 2. The number of nitrogens with one attached hydrogen (secondary N) is 1. The van der Waals surface area contributed by atoms with E-state index in [4.69, 9.17) is 0 Å². The fraction of sp³-hybridized carbons (Fsp3) is 0.417. The van der Waals surface area contributed by atoms with Gasteiger partial charge in [0.2, 0.25) is 21.8 Å². The Hall–Kier alpha value is -2.87. The summed E-state index contributed by atoms with van der Waals surface area (Å²) >= 11 is 0. The molecule has 174 valence electrons. The van der Waals surface area contributed by atoms with Gasteiger partial charge in [0, 0.05) is 13.1 Å². The highest BCUT2D eigenvalue weighted by molar-refractivity contribution is 7.92. The van der Waals surface area contributed by atoms with Gasteiger partial charge in [-0.15, -0.1) is 0 Å². The van der Waals surface area contributed by atoms with Crippen LogP contribution in [0.25, 0.3) is 0 Å². The van der Waals surface area contributed by atoms with E-state index in [2.05, 4.69) is 5.32 Å². The van der Waals surface area contributed by atoms with Crippen molar-refractivity contribution in [3.8, 4) is 0 Å². The molecule has 2 amide bonds. The highest BCUT2D eigenvalue weighted by Crippen LogP contribution is 2.19. The lowest BCUT2D eigenvalue weighted by Gasteiger charge is -2.31. The zero-order chi connectivity index (χ0) is 23.9. The minimum absolute atomic E-state index is 0.200. The van der Waals surface area contributed by atoms with Gasteiger partial charge in [-0.05, 0) is 44.9 Å². The maximum Gasteiger partial charge on any atom is 0.244 e. The second-order valence-corrected chi connectivity index (χ2v) is 9.99. The smallest absolute Gasteiger partial charge is 0.244 e. The van der Waals surface area contributed by atoms with Crippen molar-refractivity contribution in [2.24, 2.45) is 0 Å². The summed E-state index contributed by atoms with van der Waals surface area (Å²) < 4.78 is 26.1. The Morgan fingerprint density at radius 2 is 1.50 bits per heavy atom. The molecule has 0 saturated carbocycles. The van der Waals surface area contributed by atoms with Crippen LogP contribution >= 0.6 is 0 Å². The molecule has 7 nitrogen and oxygen atoms in total. The SMILES string of the molecule is CCCNC(=O)C(C)N(Cc1ccc(C)cc1)C(=O)CN(c1ccc(C)cc1)S(C)(=O)=O. The lowest BCUT2D eigenvalue weighted by molar-refractivity contribution is -0.139. The molecule has 1 unspecified atom stereocenters. The van der Waals surface area contributed by atoms with Crippen molar-refractivity contribution in [1.29, 1.82) is 0 Å². The fourth-order valence-electron chi connectivity index (χ4n) is 3.19. The molecular formula is C24H33N3O4S. The molecule has 0 aliphatic heterocycles. The number of amides is 2. The number of rotatable bonds is 10. The molecule has 0 aliphatic carbocycles. The quantitative estimate of drug-likeness (QED) is 0.592. The van der Waals surface area contributed by atoms with Crippen LogP contribution in [0.1, 0.15) is 37.0 Å². The Labute approximate surface area is 191 Å². The minimum atomic E-state index is -3.71. The van der Waals surface area contributed by atoms with Crippen molar-refractivity contribution < 1.29 is 18.0 Å². The molecule has 0 radical (unpaired) electrons. The van der Waals surface area contributed by atoms with Crippen LogP contribution in [0.4, 0.5) is 5.69 Å². The van der Waals surface area contributed by atoms with Crippen LogP contribution in [0.5, 0.6) is 0 Å². The van der Waals surface area contributed by atoms with E-state index in [0.717, 1.165) is 33.7 Å². The number of sulfonamides is 1. The average Bonchev–Trinajstić information content (AvgIpc) is 2.74. The van der Waals surface area contributed by atoms with E-state index in [1.54, 1.807) is 31.2 Å². The zero-order valence-electron chi connectivity index (χ0n) is 19.5. The zero-order valence-corrected chi connectivity index (χ0v) is 20.3. The predicted molar refractivity (Wildman–Crippen MR) is 128 cm³/mol.